The average Bonchev–Trinajstić information content (AvgIpc) is 3.76. The number of methoxy groups -OCH3 is 2. The van der Waals surface area contributed by atoms with E-state index in [1.807, 2.05) is 24.0 Å². The molecule has 0 unspecified atom stereocenters. The number of esters is 1. The first kappa shape index (κ1) is 36.5. The topological polar surface area (TPSA) is 105 Å². The SMILES string of the molecule is COCCOCCCOC(=O)c1cc2cc(CC(=O)[C@H]3[C@@H](C4CCC(OC)CC4)CCN3C(=O)C3CCC([C@H](C)CF)CC3)ccc2o1. The highest BCUT2D eigenvalue weighted by atomic mass is 19.1. The highest BCUT2D eigenvalue weighted by Gasteiger charge is 2.47. The van der Waals surface area contributed by atoms with Crippen molar-refractivity contribution >= 4 is 28.6 Å². The molecule has 1 aliphatic heterocycles. The molecule has 3 aliphatic rings. The minimum absolute atomic E-state index is 0.0273. The standard InChI is InChI=1S/C38H54FNO8/c1-25(24-39)27-6-8-29(9-7-27)37(42)40-16-15-32(28-10-12-31(45-3)13-11-28)36(40)33(41)22-26-5-14-34-30(21-26)23-35(48-34)38(43)47-18-4-17-46-20-19-44-2/h5,14,21,23,25,27-29,31-32,36H,4,6-13,15-20,22,24H2,1-3H3/t25-,27?,28?,29?,31?,32-,36-/m1/s1. The molecule has 1 aromatic carbocycles. The van der Waals surface area contributed by atoms with Gasteiger partial charge in [0.15, 0.2) is 5.78 Å². The summed E-state index contributed by atoms with van der Waals surface area (Å²) >= 11 is 0. The number of rotatable bonds is 16. The van der Waals surface area contributed by atoms with E-state index in [2.05, 4.69) is 0 Å². The minimum atomic E-state index is -0.542. The first-order valence-corrected chi connectivity index (χ1v) is 18.0. The number of alkyl halides is 1. The number of hydrogen-bond acceptors (Lipinski definition) is 8. The molecule has 0 bridgehead atoms. The van der Waals surface area contributed by atoms with Crippen LogP contribution in [0.4, 0.5) is 4.39 Å². The van der Waals surface area contributed by atoms with Gasteiger partial charge in [0.2, 0.25) is 11.7 Å². The van der Waals surface area contributed by atoms with E-state index in [-0.39, 0.29) is 61.0 Å². The Morgan fingerprint density at radius 1 is 0.938 bits per heavy atom. The fraction of sp³-hybridized carbons (Fsp3) is 0.711. The van der Waals surface area contributed by atoms with Gasteiger partial charge in [0.05, 0.1) is 38.6 Å². The van der Waals surface area contributed by atoms with E-state index in [1.165, 1.54) is 0 Å². The number of furan rings is 1. The van der Waals surface area contributed by atoms with Crippen molar-refractivity contribution in [1.82, 2.24) is 4.90 Å². The summed E-state index contributed by atoms with van der Waals surface area (Å²) < 4.78 is 40.4. The van der Waals surface area contributed by atoms with Crippen molar-refractivity contribution in [3.05, 3.63) is 35.6 Å². The van der Waals surface area contributed by atoms with E-state index in [0.29, 0.717) is 50.2 Å². The summed E-state index contributed by atoms with van der Waals surface area (Å²) in [5.74, 6) is 0.498. The molecule has 2 aromatic rings. The van der Waals surface area contributed by atoms with Crippen molar-refractivity contribution < 1.29 is 42.1 Å². The molecule has 9 nitrogen and oxygen atoms in total. The number of halogens is 1. The minimum Gasteiger partial charge on any atom is -0.460 e. The number of benzene rings is 1. The van der Waals surface area contributed by atoms with E-state index >= 15 is 0 Å². The van der Waals surface area contributed by atoms with Crippen molar-refractivity contribution in [2.45, 2.75) is 89.7 Å². The summed E-state index contributed by atoms with van der Waals surface area (Å²) in [6.45, 7) is 3.94. The molecule has 1 saturated heterocycles. The smallest absolute Gasteiger partial charge is 0.374 e. The number of Topliss-reactive ketones (excluding diaryl/α,β-unsaturated/α-hetero) is 1. The molecule has 3 atom stereocenters. The molecule has 0 radical (unpaired) electrons. The number of ether oxygens (including phenoxy) is 4. The van der Waals surface area contributed by atoms with E-state index in [9.17, 15) is 18.8 Å². The van der Waals surface area contributed by atoms with Gasteiger partial charge in [0.1, 0.15) is 5.58 Å². The van der Waals surface area contributed by atoms with Crippen LogP contribution in [0, 0.1) is 29.6 Å². The zero-order valence-corrected chi connectivity index (χ0v) is 29.0. The molecule has 0 N–H and O–H groups in total. The maximum absolute atomic E-state index is 14.3. The maximum Gasteiger partial charge on any atom is 0.374 e. The van der Waals surface area contributed by atoms with Crippen LogP contribution in [0.1, 0.15) is 87.3 Å². The first-order valence-electron chi connectivity index (χ1n) is 18.0. The van der Waals surface area contributed by atoms with Gasteiger partial charge in [-0.1, -0.05) is 13.0 Å². The number of hydrogen-bond donors (Lipinski definition) is 0. The number of likely N-dealkylation sites (tertiary alicyclic amines) is 1. The van der Waals surface area contributed by atoms with Crippen LogP contribution in [-0.2, 0) is 35.0 Å². The molecular formula is C38H54FNO8. The van der Waals surface area contributed by atoms with Gasteiger partial charge in [-0.05, 0) is 105 Å². The van der Waals surface area contributed by atoms with Crippen molar-refractivity contribution in [3.63, 3.8) is 0 Å². The lowest BCUT2D eigenvalue weighted by atomic mass is 9.74. The zero-order valence-electron chi connectivity index (χ0n) is 29.0. The molecule has 5 rings (SSSR count). The molecule has 266 valence electrons. The van der Waals surface area contributed by atoms with Crippen LogP contribution >= 0.6 is 0 Å². The number of carbonyl (C=O) groups is 3. The fourth-order valence-electron chi connectivity index (χ4n) is 8.27. The summed E-state index contributed by atoms with van der Waals surface area (Å²) in [5, 5.41) is 0.725. The quantitative estimate of drug-likeness (QED) is 0.146. The third-order valence-electron chi connectivity index (χ3n) is 11.1. The van der Waals surface area contributed by atoms with Crippen LogP contribution in [0.5, 0.6) is 0 Å². The van der Waals surface area contributed by atoms with Crippen LogP contribution in [-0.4, -0.2) is 88.6 Å². The van der Waals surface area contributed by atoms with Gasteiger partial charge in [0.25, 0.3) is 0 Å². The Morgan fingerprint density at radius 3 is 2.42 bits per heavy atom. The molecule has 10 heteroatoms. The van der Waals surface area contributed by atoms with E-state index in [0.717, 1.165) is 68.7 Å². The molecule has 2 heterocycles. The van der Waals surface area contributed by atoms with Gasteiger partial charge in [-0.25, -0.2) is 4.79 Å². The maximum atomic E-state index is 14.3. The second-order valence-corrected chi connectivity index (χ2v) is 14.2. The number of nitrogens with zero attached hydrogens (tertiary/aromatic N) is 1. The van der Waals surface area contributed by atoms with Crippen LogP contribution < -0.4 is 0 Å². The van der Waals surface area contributed by atoms with Crippen LogP contribution in [0.25, 0.3) is 11.0 Å². The largest absolute Gasteiger partial charge is 0.460 e. The van der Waals surface area contributed by atoms with E-state index < -0.39 is 12.0 Å². The monoisotopic (exact) mass is 671 g/mol. The Labute approximate surface area is 284 Å². The van der Waals surface area contributed by atoms with Gasteiger partial charge < -0.3 is 28.3 Å². The summed E-state index contributed by atoms with van der Waals surface area (Å²) in [6.07, 6.45) is 9.08. The molecule has 2 aliphatic carbocycles. The lowest BCUT2D eigenvalue weighted by Gasteiger charge is -2.37. The predicted molar refractivity (Wildman–Crippen MR) is 179 cm³/mol. The number of carbonyl (C=O) groups excluding carboxylic acids is 3. The van der Waals surface area contributed by atoms with Gasteiger partial charge in [-0.15, -0.1) is 0 Å². The molecule has 0 spiro atoms. The molecule has 48 heavy (non-hydrogen) atoms. The lowest BCUT2D eigenvalue weighted by molar-refractivity contribution is -0.143. The Hall–Kier alpha value is -2.82. The van der Waals surface area contributed by atoms with E-state index in [4.69, 9.17) is 23.4 Å². The summed E-state index contributed by atoms with van der Waals surface area (Å²) in [4.78, 5) is 42.8. The molecule has 1 amide bonds. The van der Waals surface area contributed by atoms with Crippen molar-refractivity contribution in [2.75, 3.05) is 53.9 Å². The van der Waals surface area contributed by atoms with Crippen molar-refractivity contribution in [1.29, 1.82) is 0 Å². The van der Waals surface area contributed by atoms with Crippen molar-refractivity contribution in [2.24, 2.45) is 29.6 Å². The van der Waals surface area contributed by atoms with Crippen LogP contribution in [0.2, 0.25) is 0 Å². The molecule has 3 fully saturated rings. The predicted octanol–water partition coefficient (Wildman–Crippen LogP) is 6.59. The lowest BCUT2D eigenvalue weighted by Crippen LogP contribution is -2.48. The molecular weight excluding hydrogens is 617 g/mol. The number of fused-ring (bicyclic) bond motifs is 1. The van der Waals surface area contributed by atoms with Crippen LogP contribution in [0.15, 0.2) is 28.7 Å². The van der Waals surface area contributed by atoms with Crippen LogP contribution in [0.3, 0.4) is 0 Å². The van der Waals surface area contributed by atoms with E-state index in [1.54, 1.807) is 26.4 Å². The highest BCUT2D eigenvalue weighted by molar-refractivity contribution is 5.94. The van der Waals surface area contributed by atoms with Gasteiger partial charge in [-0.3, -0.25) is 14.0 Å². The Morgan fingerprint density at radius 2 is 1.71 bits per heavy atom. The molecule has 1 aromatic heterocycles. The summed E-state index contributed by atoms with van der Waals surface area (Å²) in [7, 11) is 3.38. The first-order chi connectivity index (χ1) is 23.3. The molecule has 2 saturated carbocycles. The second-order valence-electron chi connectivity index (χ2n) is 14.2. The average molecular weight is 672 g/mol. The summed E-state index contributed by atoms with van der Waals surface area (Å²) in [5.41, 5.74) is 1.37. The fourth-order valence-corrected chi connectivity index (χ4v) is 8.27. The third kappa shape index (κ3) is 9.04. The number of amides is 1. The van der Waals surface area contributed by atoms with Crippen molar-refractivity contribution in [3.8, 4) is 0 Å². The third-order valence-corrected chi connectivity index (χ3v) is 11.1. The zero-order chi connectivity index (χ0) is 34.0. The Balaban J connectivity index is 1.25. The van der Waals surface area contributed by atoms with Gasteiger partial charge in [0, 0.05) is 51.5 Å². The summed E-state index contributed by atoms with van der Waals surface area (Å²) in [6, 6.07) is 6.75. The second kappa shape index (κ2) is 17.7. The Bertz CT molecular complexity index is 1350. The number of ketones is 1. The van der Waals surface area contributed by atoms with Gasteiger partial charge in [-0.2, -0.15) is 0 Å². The highest BCUT2D eigenvalue weighted by Crippen LogP contribution is 2.42. The van der Waals surface area contributed by atoms with Gasteiger partial charge >= 0.3 is 5.97 Å². The normalized spacial score (nSPS) is 26.9. The Kier molecular flexibility index (Phi) is 13.5.